The van der Waals surface area contributed by atoms with Crippen molar-refractivity contribution >= 4 is 23.0 Å². The number of nitrogens with zero attached hydrogens (tertiary/aromatic N) is 2. The van der Waals surface area contributed by atoms with Crippen molar-refractivity contribution in [1.29, 1.82) is 0 Å². The van der Waals surface area contributed by atoms with Gasteiger partial charge in [-0.1, -0.05) is 12.1 Å². The molecule has 1 aromatic heterocycles. The lowest BCUT2D eigenvalue weighted by Crippen LogP contribution is -2.10. The molecule has 0 radical (unpaired) electrons. The first kappa shape index (κ1) is 14.7. The van der Waals surface area contributed by atoms with Crippen LogP contribution in [0, 0.1) is 10.1 Å². The van der Waals surface area contributed by atoms with Gasteiger partial charge in [-0.3, -0.25) is 10.1 Å². The van der Waals surface area contributed by atoms with E-state index in [-0.39, 0.29) is 11.5 Å². The zero-order valence-corrected chi connectivity index (χ0v) is 11.4. The van der Waals surface area contributed by atoms with E-state index in [2.05, 4.69) is 15.7 Å². The maximum absolute atomic E-state index is 10.9. The predicted molar refractivity (Wildman–Crippen MR) is 79.1 cm³/mol. The molecule has 0 saturated heterocycles. The molecule has 0 atom stereocenters. The van der Waals surface area contributed by atoms with E-state index >= 15 is 0 Å². The van der Waals surface area contributed by atoms with Crippen LogP contribution in [-0.4, -0.2) is 17.0 Å². The van der Waals surface area contributed by atoms with Gasteiger partial charge in [0.2, 0.25) is 0 Å². The summed E-state index contributed by atoms with van der Waals surface area (Å²) in [5.74, 6) is 5.80. The first-order valence-electron chi connectivity index (χ1n) is 6.10. The molecule has 4 N–H and O–H groups in total. The third-order valence-corrected chi connectivity index (χ3v) is 2.68. The number of aromatic nitrogens is 1. The Bertz CT molecular complexity index is 647. The lowest BCUT2D eigenvalue weighted by molar-refractivity contribution is -0.384. The lowest BCUT2D eigenvalue weighted by Gasteiger charge is -2.09. The van der Waals surface area contributed by atoms with Gasteiger partial charge in [0.15, 0.2) is 0 Å². The summed E-state index contributed by atoms with van der Waals surface area (Å²) < 4.78 is 5.06. The number of nitro groups is 1. The van der Waals surface area contributed by atoms with E-state index in [0.29, 0.717) is 12.4 Å². The fraction of sp³-hybridized carbons (Fsp3) is 0.154. The van der Waals surface area contributed by atoms with Crippen molar-refractivity contribution in [1.82, 2.24) is 4.98 Å². The highest BCUT2D eigenvalue weighted by molar-refractivity contribution is 5.62. The number of nitrogens with one attached hydrogen (secondary N) is 2. The molecule has 1 aromatic carbocycles. The standard InChI is InChI=1S/C13H15N5O3/c1-21-8-9-3-2-4-10(5-9)15-12-6-11(18(19)20)7-13(16-12)17-14/h2-7H,8,14H2,1H3,(H2,15,16,17). The Morgan fingerprint density at radius 1 is 1.33 bits per heavy atom. The normalized spacial score (nSPS) is 10.2. The van der Waals surface area contributed by atoms with Crippen molar-refractivity contribution in [3.05, 3.63) is 52.1 Å². The summed E-state index contributed by atoms with van der Waals surface area (Å²) in [6, 6.07) is 10.1. The number of nitrogen functional groups attached to an aromatic ring is 1. The molecule has 0 spiro atoms. The fourth-order valence-electron chi connectivity index (χ4n) is 1.81. The SMILES string of the molecule is COCc1cccc(Nc2cc([N+](=O)[O-])cc(NN)n2)c1. The van der Waals surface area contributed by atoms with Crippen LogP contribution in [0.3, 0.4) is 0 Å². The van der Waals surface area contributed by atoms with Crippen LogP contribution in [0.25, 0.3) is 0 Å². The van der Waals surface area contributed by atoms with Crippen molar-refractivity contribution in [3.63, 3.8) is 0 Å². The second-order valence-corrected chi connectivity index (χ2v) is 4.26. The summed E-state index contributed by atoms with van der Waals surface area (Å²) in [4.78, 5) is 14.5. The van der Waals surface area contributed by atoms with E-state index in [0.717, 1.165) is 11.3 Å². The monoisotopic (exact) mass is 289 g/mol. The highest BCUT2D eigenvalue weighted by Gasteiger charge is 2.11. The number of anilines is 3. The Morgan fingerprint density at radius 3 is 2.76 bits per heavy atom. The molecule has 8 heteroatoms. The van der Waals surface area contributed by atoms with Gasteiger partial charge in [-0.05, 0) is 17.7 Å². The van der Waals surface area contributed by atoms with Crippen LogP contribution >= 0.6 is 0 Å². The molecule has 0 fully saturated rings. The number of rotatable bonds is 6. The van der Waals surface area contributed by atoms with E-state index in [4.69, 9.17) is 10.6 Å². The third kappa shape index (κ3) is 3.88. The van der Waals surface area contributed by atoms with Gasteiger partial charge in [0.25, 0.3) is 5.69 Å². The predicted octanol–water partition coefficient (Wildman–Crippen LogP) is 2.17. The average molecular weight is 289 g/mol. The Kier molecular flexibility index (Phi) is 4.64. The summed E-state index contributed by atoms with van der Waals surface area (Å²) in [7, 11) is 1.61. The molecule has 8 nitrogen and oxygen atoms in total. The minimum Gasteiger partial charge on any atom is -0.380 e. The van der Waals surface area contributed by atoms with Gasteiger partial charge in [0.1, 0.15) is 11.6 Å². The molecule has 0 aliphatic carbocycles. The molecule has 0 unspecified atom stereocenters. The summed E-state index contributed by atoms with van der Waals surface area (Å²) in [6.07, 6.45) is 0. The van der Waals surface area contributed by atoms with Gasteiger partial charge in [0.05, 0.1) is 23.7 Å². The van der Waals surface area contributed by atoms with E-state index in [9.17, 15) is 10.1 Å². The number of ether oxygens (including phenoxy) is 1. The van der Waals surface area contributed by atoms with Crippen molar-refractivity contribution in [2.45, 2.75) is 6.61 Å². The van der Waals surface area contributed by atoms with Gasteiger partial charge >= 0.3 is 0 Å². The Labute approximate surface area is 121 Å². The van der Waals surface area contributed by atoms with Gasteiger partial charge in [0, 0.05) is 12.8 Å². The smallest absolute Gasteiger partial charge is 0.276 e. The summed E-state index contributed by atoms with van der Waals surface area (Å²) in [5.41, 5.74) is 3.93. The molecular weight excluding hydrogens is 274 g/mol. The van der Waals surface area contributed by atoms with Crippen LogP contribution in [0.15, 0.2) is 36.4 Å². The van der Waals surface area contributed by atoms with Crippen LogP contribution in [0.5, 0.6) is 0 Å². The van der Waals surface area contributed by atoms with Crippen molar-refractivity contribution in [2.75, 3.05) is 17.9 Å². The van der Waals surface area contributed by atoms with Crippen LogP contribution < -0.4 is 16.6 Å². The maximum Gasteiger partial charge on any atom is 0.276 e. The molecule has 0 aliphatic heterocycles. The topological polar surface area (TPSA) is 115 Å². The molecule has 0 amide bonds. The molecule has 1 heterocycles. The number of methoxy groups -OCH3 is 1. The minimum absolute atomic E-state index is 0.103. The van der Waals surface area contributed by atoms with Crippen LogP contribution in [0.4, 0.5) is 23.0 Å². The van der Waals surface area contributed by atoms with Crippen molar-refractivity contribution in [3.8, 4) is 0 Å². The van der Waals surface area contributed by atoms with Crippen molar-refractivity contribution < 1.29 is 9.66 Å². The van der Waals surface area contributed by atoms with Crippen LogP contribution in [0.1, 0.15) is 5.56 Å². The quantitative estimate of drug-likeness (QED) is 0.424. The largest absolute Gasteiger partial charge is 0.380 e. The zero-order chi connectivity index (χ0) is 15.2. The minimum atomic E-state index is -0.505. The number of hydrogen-bond donors (Lipinski definition) is 3. The number of benzene rings is 1. The molecule has 0 aliphatic rings. The molecule has 110 valence electrons. The van der Waals surface area contributed by atoms with E-state index in [1.807, 2.05) is 24.3 Å². The molecule has 2 aromatic rings. The lowest BCUT2D eigenvalue weighted by atomic mass is 10.2. The number of hydrazine groups is 1. The van der Waals surface area contributed by atoms with E-state index < -0.39 is 4.92 Å². The number of nitrogens with two attached hydrogens (primary N) is 1. The summed E-state index contributed by atoms with van der Waals surface area (Å²) >= 11 is 0. The van der Waals surface area contributed by atoms with E-state index in [1.54, 1.807) is 7.11 Å². The Balaban J connectivity index is 2.28. The van der Waals surface area contributed by atoms with Crippen LogP contribution in [0.2, 0.25) is 0 Å². The van der Waals surface area contributed by atoms with Crippen molar-refractivity contribution in [2.24, 2.45) is 5.84 Å². The zero-order valence-electron chi connectivity index (χ0n) is 11.4. The Hall–Kier alpha value is -2.71. The highest BCUT2D eigenvalue weighted by Crippen LogP contribution is 2.23. The average Bonchev–Trinajstić information content (AvgIpc) is 2.47. The number of pyridine rings is 1. The third-order valence-electron chi connectivity index (χ3n) is 2.68. The van der Waals surface area contributed by atoms with E-state index in [1.165, 1.54) is 12.1 Å². The summed E-state index contributed by atoms with van der Waals surface area (Å²) in [5, 5.41) is 13.9. The second kappa shape index (κ2) is 6.64. The summed E-state index contributed by atoms with van der Waals surface area (Å²) in [6.45, 7) is 0.480. The van der Waals surface area contributed by atoms with Gasteiger partial charge in [-0.2, -0.15) is 0 Å². The molecule has 21 heavy (non-hydrogen) atoms. The molecule has 2 rings (SSSR count). The second-order valence-electron chi connectivity index (χ2n) is 4.26. The first-order valence-corrected chi connectivity index (χ1v) is 6.10. The number of hydrogen-bond acceptors (Lipinski definition) is 7. The van der Waals surface area contributed by atoms with Gasteiger partial charge in [-0.15, -0.1) is 0 Å². The first-order chi connectivity index (χ1) is 10.1. The molecule has 0 bridgehead atoms. The van der Waals surface area contributed by atoms with Gasteiger partial charge in [-0.25, -0.2) is 10.8 Å². The Morgan fingerprint density at radius 2 is 2.10 bits per heavy atom. The highest BCUT2D eigenvalue weighted by atomic mass is 16.6. The van der Waals surface area contributed by atoms with Gasteiger partial charge < -0.3 is 15.5 Å². The molecular formula is C13H15N5O3. The fourth-order valence-corrected chi connectivity index (χ4v) is 1.81. The van der Waals surface area contributed by atoms with Crippen LogP contribution in [-0.2, 0) is 11.3 Å². The molecule has 0 saturated carbocycles. The maximum atomic E-state index is 10.9.